The van der Waals surface area contributed by atoms with Gasteiger partial charge in [0.15, 0.2) is 6.10 Å². The number of aromatic nitrogens is 2. The number of likely N-dealkylation sites (tertiary alicyclic amines) is 1. The third-order valence-electron chi connectivity index (χ3n) is 6.86. The third-order valence-corrected chi connectivity index (χ3v) is 6.86. The van der Waals surface area contributed by atoms with E-state index in [2.05, 4.69) is 15.2 Å². The molecule has 9 heteroatoms. The minimum Gasteiger partial charge on any atom is -0.379 e. The molecule has 1 aromatic carbocycles. The van der Waals surface area contributed by atoms with E-state index in [0.717, 1.165) is 38.7 Å². The Morgan fingerprint density at radius 1 is 1.09 bits per heavy atom. The summed E-state index contributed by atoms with van der Waals surface area (Å²) in [4.78, 5) is 34.6. The third kappa shape index (κ3) is 4.66. The number of ether oxygens (including phenoxy) is 2. The maximum Gasteiger partial charge on any atom is 0.253 e. The van der Waals surface area contributed by atoms with Crippen molar-refractivity contribution in [2.75, 3.05) is 52.5 Å². The van der Waals surface area contributed by atoms with Gasteiger partial charge in [-0.3, -0.25) is 14.5 Å². The monoisotopic (exact) mass is 453 g/mol. The summed E-state index contributed by atoms with van der Waals surface area (Å²) in [7, 11) is 0. The van der Waals surface area contributed by atoms with Crippen LogP contribution in [-0.4, -0.2) is 89.8 Å². The molecule has 1 aromatic heterocycles. The van der Waals surface area contributed by atoms with E-state index in [1.54, 1.807) is 6.20 Å². The van der Waals surface area contributed by atoms with E-state index in [1.165, 1.54) is 0 Å². The molecule has 1 atom stereocenters. The molecule has 9 nitrogen and oxygen atoms in total. The molecule has 0 aliphatic carbocycles. The predicted molar refractivity (Wildman–Crippen MR) is 121 cm³/mol. The lowest BCUT2D eigenvalue weighted by atomic mass is 9.88. The summed E-state index contributed by atoms with van der Waals surface area (Å²) in [5.41, 5.74) is 0.0403. The average molecular weight is 454 g/mol. The molecule has 2 amide bonds. The molecule has 4 heterocycles. The minimum atomic E-state index is -0.651. The molecule has 0 bridgehead atoms. The Morgan fingerprint density at radius 2 is 1.85 bits per heavy atom. The number of piperidine rings is 1. The molecule has 3 aliphatic rings. The van der Waals surface area contributed by atoms with Crippen molar-refractivity contribution >= 4 is 11.8 Å². The molecule has 176 valence electrons. The minimum absolute atomic E-state index is 0.0296. The van der Waals surface area contributed by atoms with Crippen molar-refractivity contribution in [3.05, 3.63) is 54.1 Å². The zero-order valence-corrected chi connectivity index (χ0v) is 18.8. The second-order valence-electron chi connectivity index (χ2n) is 8.91. The molecule has 2 saturated heterocycles. The Balaban J connectivity index is 1.22. The van der Waals surface area contributed by atoms with E-state index in [-0.39, 0.29) is 11.8 Å². The Bertz CT molecular complexity index is 964. The Morgan fingerprint density at radius 3 is 2.61 bits per heavy atom. The largest absolute Gasteiger partial charge is 0.379 e. The number of hydrogen-bond acceptors (Lipinski definition) is 6. The number of fused-ring (bicyclic) bond motifs is 2. The molecule has 0 radical (unpaired) electrons. The van der Waals surface area contributed by atoms with Crippen LogP contribution >= 0.6 is 0 Å². The van der Waals surface area contributed by atoms with Crippen LogP contribution in [0.25, 0.3) is 0 Å². The van der Waals surface area contributed by atoms with Crippen LogP contribution in [0.1, 0.15) is 29.0 Å². The van der Waals surface area contributed by atoms with Gasteiger partial charge in [-0.1, -0.05) is 18.2 Å². The maximum atomic E-state index is 13.0. The number of nitrogens with zero attached hydrogens (tertiary/aromatic N) is 4. The smallest absolute Gasteiger partial charge is 0.253 e. The highest BCUT2D eigenvalue weighted by atomic mass is 16.5. The van der Waals surface area contributed by atoms with Gasteiger partial charge >= 0.3 is 0 Å². The number of amides is 2. The number of carbonyl (C=O) groups is 2. The molecule has 0 unspecified atom stereocenters. The molecular weight excluding hydrogens is 422 g/mol. The molecule has 5 rings (SSSR count). The highest BCUT2D eigenvalue weighted by Gasteiger charge is 2.47. The summed E-state index contributed by atoms with van der Waals surface area (Å²) >= 11 is 0. The van der Waals surface area contributed by atoms with E-state index >= 15 is 0 Å². The lowest BCUT2D eigenvalue weighted by Gasteiger charge is -2.45. The number of imidazole rings is 1. The van der Waals surface area contributed by atoms with Crippen molar-refractivity contribution in [1.82, 2.24) is 24.7 Å². The SMILES string of the molecule is O=C(NCCN1CCOCC1)[C@H]1Cn2ccnc2C2(CCN(C(=O)c3ccccc3)CC2)O1. The Kier molecular flexibility index (Phi) is 6.43. The fraction of sp³-hybridized carbons (Fsp3) is 0.542. The summed E-state index contributed by atoms with van der Waals surface area (Å²) in [6, 6.07) is 9.34. The second-order valence-corrected chi connectivity index (χ2v) is 8.91. The topological polar surface area (TPSA) is 88.9 Å². The fourth-order valence-electron chi connectivity index (χ4n) is 4.98. The quantitative estimate of drug-likeness (QED) is 0.723. The zero-order chi connectivity index (χ0) is 22.7. The molecule has 33 heavy (non-hydrogen) atoms. The van der Waals surface area contributed by atoms with E-state index in [4.69, 9.17) is 9.47 Å². The summed E-state index contributed by atoms with van der Waals surface area (Å²) in [5.74, 6) is 0.790. The molecule has 1 N–H and O–H groups in total. The van der Waals surface area contributed by atoms with E-state index in [9.17, 15) is 9.59 Å². The first-order valence-electron chi connectivity index (χ1n) is 11.8. The standard InChI is InChI=1S/C24H31N5O4/c30-21(25-8-12-27-14-16-32-17-15-27)20-18-29-13-9-26-23(29)24(33-20)6-10-28(11-7-24)22(31)19-4-2-1-3-5-19/h1-5,9,13,20H,6-8,10-12,14-18H2,(H,25,30)/t20-/m1/s1. The summed E-state index contributed by atoms with van der Waals surface area (Å²) < 4.78 is 13.9. The van der Waals surface area contributed by atoms with Crippen molar-refractivity contribution < 1.29 is 19.1 Å². The number of hydrogen-bond donors (Lipinski definition) is 1. The summed E-state index contributed by atoms with van der Waals surface area (Å²) in [6.45, 7) is 6.25. The lowest BCUT2D eigenvalue weighted by Crippen LogP contribution is -2.55. The average Bonchev–Trinajstić information content (AvgIpc) is 3.35. The van der Waals surface area contributed by atoms with Crippen molar-refractivity contribution in [2.24, 2.45) is 0 Å². The molecule has 0 saturated carbocycles. The number of carbonyl (C=O) groups excluding carboxylic acids is 2. The number of morpholine rings is 1. The highest BCUT2D eigenvalue weighted by Crippen LogP contribution is 2.40. The van der Waals surface area contributed by atoms with Crippen molar-refractivity contribution in [1.29, 1.82) is 0 Å². The van der Waals surface area contributed by atoms with Gasteiger partial charge in [0.25, 0.3) is 11.8 Å². The van der Waals surface area contributed by atoms with Crippen molar-refractivity contribution in [3.63, 3.8) is 0 Å². The van der Waals surface area contributed by atoms with Crippen LogP contribution in [-0.2, 0) is 26.4 Å². The van der Waals surface area contributed by atoms with Crippen LogP contribution in [0.15, 0.2) is 42.7 Å². The van der Waals surface area contributed by atoms with Gasteiger partial charge in [-0.25, -0.2) is 4.98 Å². The lowest BCUT2D eigenvalue weighted by molar-refractivity contribution is -0.172. The van der Waals surface area contributed by atoms with Gasteiger partial charge in [0.2, 0.25) is 0 Å². The van der Waals surface area contributed by atoms with Crippen LogP contribution < -0.4 is 5.32 Å². The van der Waals surface area contributed by atoms with Crippen LogP contribution in [0.2, 0.25) is 0 Å². The van der Waals surface area contributed by atoms with Gasteiger partial charge in [0, 0.05) is 70.1 Å². The van der Waals surface area contributed by atoms with E-state index in [1.807, 2.05) is 46.0 Å². The molecule has 3 aliphatic heterocycles. The summed E-state index contributed by atoms with van der Waals surface area (Å²) in [6.07, 6.45) is 4.32. The van der Waals surface area contributed by atoms with Gasteiger partial charge < -0.3 is 24.3 Å². The van der Waals surface area contributed by atoms with Crippen LogP contribution in [0, 0.1) is 0 Å². The molecular formula is C24H31N5O4. The second kappa shape index (κ2) is 9.62. The van der Waals surface area contributed by atoms with Gasteiger partial charge in [-0.2, -0.15) is 0 Å². The number of rotatable bonds is 5. The van der Waals surface area contributed by atoms with Gasteiger partial charge in [-0.15, -0.1) is 0 Å². The van der Waals surface area contributed by atoms with Crippen molar-refractivity contribution in [3.8, 4) is 0 Å². The van der Waals surface area contributed by atoms with Crippen LogP contribution in [0.4, 0.5) is 0 Å². The van der Waals surface area contributed by atoms with Gasteiger partial charge in [0.1, 0.15) is 11.4 Å². The normalized spacial score (nSPS) is 22.7. The number of benzene rings is 1. The zero-order valence-electron chi connectivity index (χ0n) is 18.8. The highest BCUT2D eigenvalue weighted by molar-refractivity contribution is 5.94. The molecule has 2 aromatic rings. The predicted octanol–water partition coefficient (Wildman–Crippen LogP) is 0.862. The first-order valence-corrected chi connectivity index (χ1v) is 11.8. The fourth-order valence-corrected chi connectivity index (χ4v) is 4.98. The van der Waals surface area contributed by atoms with Gasteiger partial charge in [0.05, 0.1) is 19.8 Å². The first kappa shape index (κ1) is 22.1. The first-order chi connectivity index (χ1) is 16.1. The Hall–Kier alpha value is -2.75. The summed E-state index contributed by atoms with van der Waals surface area (Å²) in [5, 5.41) is 3.05. The van der Waals surface area contributed by atoms with E-state index < -0.39 is 11.7 Å². The molecule has 1 spiro atoms. The molecule has 2 fully saturated rings. The van der Waals surface area contributed by atoms with Gasteiger partial charge in [-0.05, 0) is 12.1 Å². The van der Waals surface area contributed by atoms with Crippen molar-refractivity contribution in [2.45, 2.75) is 31.1 Å². The van der Waals surface area contributed by atoms with E-state index in [0.29, 0.717) is 44.6 Å². The number of nitrogens with one attached hydrogen (secondary N) is 1. The van der Waals surface area contributed by atoms with Crippen LogP contribution in [0.5, 0.6) is 0 Å². The Labute approximate surface area is 193 Å². The maximum absolute atomic E-state index is 13.0. The van der Waals surface area contributed by atoms with Crippen LogP contribution in [0.3, 0.4) is 0 Å².